The molecule has 0 spiro atoms. The Morgan fingerprint density at radius 3 is 2.67 bits per heavy atom. The van der Waals surface area contributed by atoms with Crippen LogP contribution in [0.3, 0.4) is 0 Å². The van der Waals surface area contributed by atoms with Crippen molar-refractivity contribution in [2.75, 3.05) is 0 Å². The highest BCUT2D eigenvalue weighted by Gasteiger charge is 2.06. The van der Waals surface area contributed by atoms with E-state index in [9.17, 15) is 0 Å². The van der Waals surface area contributed by atoms with E-state index in [4.69, 9.17) is 22.5 Å². The molecule has 1 rings (SSSR count). The maximum atomic E-state index is 8.51. The molecule has 0 saturated carbocycles. The van der Waals surface area contributed by atoms with Crippen LogP contribution in [0, 0.1) is 0 Å². The second-order valence-electron chi connectivity index (χ2n) is 3.30. The largest absolute Gasteiger partial charge is 0.409 e. The first-order valence-electron chi connectivity index (χ1n) is 4.48. The fourth-order valence-electron chi connectivity index (χ4n) is 1.07. The van der Waals surface area contributed by atoms with Gasteiger partial charge < -0.3 is 10.9 Å². The molecular weight excluding hydrogens is 232 g/mol. The second kappa shape index (κ2) is 5.28. The minimum absolute atomic E-state index is 0.0676. The summed E-state index contributed by atoms with van der Waals surface area (Å²) in [5.41, 5.74) is 6.07. The first-order chi connectivity index (χ1) is 7.04. The molecule has 0 unspecified atom stereocenters. The van der Waals surface area contributed by atoms with Crippen LogP contribution in [-0.4, -0.2) is 16.3 Å². The van der Waals surface area contributed by atoms with Crippen molar-refractivity contribution in [1.29, 1.82) is 0 Å². The standard InChI is InChI=1S/C10H13ClN2OS/c1-6(2)15-9-4-3-7(5-8(9)11)10(12)13-14/h3-6,14H,1-2H3,(H2,12,13). The van der Waals surface area contributed by atoms with Gasteiger partial charge in [0.15, 0.2) is 5.84 Å². The third kappa shape index (κ3) is 3.32. The van der Waals surface area contributed by atoms with Gasteiger partial charge in [-0.1, -0.05) is 30.6 Å². The molecule has 3 N–H and O–H groups in total. The summed E-state index contributed by atoms with van der Waals surface area (Å²) in [5.74, 6) is 0.0676. The maximum absolute atomic E-state index is 8.51. The van der Waals surface area contributed by atoms with Gasteiger partial charge in [0.1, 0.15) is 0 Å². The van der Waals surface area contributed by atoms with E-state index < -0.39 is 0 Å². The van der Waals surface area contributed by atoms with E-state index in [1.54, 1.807) is 23.9 Å². The van der Waals surface area contributed by atoms with Crippen molar-refractivity contribution in [2.24, 2.45) is 10.9 Å². The monoisotopic (exact) mass is 244 g/mol. The SMILES string of the molecule is CC(C)Sc1ccc(C(N)=NO)cc1Cl. The molecule has 0 saturated heterocycles. The number of benzene rings is 1. The molecule has 1 aromatic carbocycles. The van der Waals surface area contributed by atoms with Crippen LogP contribution in [0.4, 0.5) is 0 Å². The molecule has 0 aliphatic rings. The van der Waals surface area contributed by atoms with E-state index in [2.05, 4.69) is 19.0 Å². The van der Waals surface area contributed by atoms with Gasteiger partial charge in [-0.05, 0) is 18.2 Å². The van der Waals surface area contributed by atoms with Crippen molar-refractivity contribution >= 4 is 29.2 Å². The molecule has 0 heterocycles. The summed E-state index contributed by atoms with van der Waals surface area (Å²) < 4.78 is 0. The third-order valence-electron chi connectivity index (χ3n) is 1.70. The summed E-state index contributed by atoms with van der Waals surface area (Å²) in [7, 11) is 0. The summed E-state index contributed by atoms with van der Waals surface area (Å²) in [5, 5.41) is 12.5. The molecule has 0 aromatic heterocycles. The lowest BCUT2D eigenvalue weighted by Gasteiger charge is -2.08. The number of amidine groups is 1. The molecular formula is C10H13ClN2OS. The first kappa shape index (κ1) is 12.2. The highest BCUT2D eigenvalue weighted by atomic mass is 35.5. The Kier molecular flexibility index (Phi) is 4.29. The summed E-state index contributed by atoms with van der Waals surface area (Å²) in [6.45, 7) is 4.19. The molecule has 0 fully saturated rings. The predicted octanol–water partition coefficient (Wildman–Crippen LogP) is 2.93. The lowest BCUT2D eigenvalue weighted by Crippen LogP contribution is -2.12. The van der Waals surface area contributed by atoms with Crippen molar-refractivity contribution in [3.63, 3.8) is 0 Å². The van der Waals surface area contributed by atoms with Crippen LogP contribution in [-0.2, 0) is 0 Å². The lowest BCUT2D eigenvalue weighted by atomic mass is 10.2. The Morgan fingerprint density at radius 2 is 2.20 bits per heavy atom. The average molecular weight is 245 g/mol. The molecule has 0 amide bonds. The minimum Gasteiger partial charge on any atom is -0.409 e. The molecule has 3 nitrogen and oxygen atoms in total. The number of hydrogen-bond donors (Lipinski definition) is 2. The molecule has 15 heavy (non-hydrogen) atoms. The molecule has 5 heteroatoms. The summed E-state index contributed by atoms with van der Waals surface area (Å²) in [6, 6.07) is 5.35. The van der Waals surface area contributed by atoms with E-state index in [-0.39, 0.29) is 5.84 Å². The summed E-state index contributed by atoms with van der Waals surface area (Å²) >= 11 is 7.74. The lowest BCUT2D eigenvalue weighted by molar-refractivity contribution is 0.318. The molecule has 0 aliphatic heterocycles. The molecule has 0 radical (unpaired) electrons. The van der Waals surface area contributed by atoms with Gasteiger partial charge in [-0.15, -0.1) is 11.8 Å². The van der Waals surface area contributed by atoms with Gasteiger partial charge in [0, 0.05) is 15.7 Å². The van der Waals surface area contributed by atoms with Crippen LogP contribution in [0.2, 0.25) is 5.02 Å². The van der Waals surface area contributed by atoms with Gasteiger partial charge >= 0.3 is 0 Å². The van der Waals surface area contributed by atoms with E-state index in [0.717, 1.165) is 4.90 Å². The zero-order chi connectivity index (χ0) is 11.4. The Morgan fingerprint density at radius 1 is 1.53 bits per heavy atom. The Bertz CT molecular complexity index is 380. The van der Waals surface area contributed by atoms with Gasteiger partial charge in [0.05, 0.1) is 5.02 Å². The molecule has 1 aromatic rings. The Balaban J connectivity index is 2.98. The molecule has 0 atom stereocenters. The fraction of sp³-hybridized carbons (Fsp3) is 0.300. The second-order valence-corrected chi connectivity index (χ2v) is 5.32. The van der Waals surface area contributed by atoms with E-state index >= 15 is 0 Å². The Hall–Kier alpha value is -0.870. The van der Waals surface area contributed by atoms with Crippen LogP contribution in [0.5, 0.6) is 0 Å². The number of hydrogen-bond acceptors (Lipinski definition) is 3. The minimum atomic E-state index is 0.0676. The van der Waals surface area contributed by atoms with Crippen molar-refractivity contribution in [3.05, 3.63) is 28.8 Å². The third-order valence-corrected chi connectivity index (χ3v) is 3.20. The number of thioether (sulfide) groups is 1. The van der Waals surface area contributed by atoms with Crippen molar-refractivity contribution < 1.29 is 5.21 Å². The van der Waals surface area contributed by atoms with Crippen LogP contribution in [0.1, 0.15) is 19.4 Å². The fourth-order valence-corrected chi connectivity index (χ4v) is 2.21. The van der Waals surface area contributed by atoms with Crippen LogP contribution in [0.15, 0.2) is 28.3 Å². The summed E-state index contributed by atoms with van der Waals surface area (Å²) in [4.78, 5) is 1.00. The van der Waals surface area contributed by atoms with Crippen LogP contribution >= 0.6 is 23.4 Å². The number of oxime groups is 1. The zero-order valence-electron chi connectivity index (χ0n) is 8.57. The number of nitrogens with zero attached hydrogens (tertiary/aromatic N) is 1. The molecule has 82 valence electrons. The first-order valence-corrected chi connectivity index (χ1v) is 5.74. The topological polar surface area (TPSA) is 58.6 Å². The van der Waals surface area contributed by atoms with Crippen molar-refractivity contribution in [3.8, 4) is 0 Å². The highest BCUT2D eigenvalue weighted by Crippen LogP contribution is 2.30. The van der Waals surface area contributed by atoms with Gasteiger partial charge in [-0.2, -0.15) is 0 Å². The summed E-state index contributed by atoms with van der Waals surface area (Å²) in [6.07, 6.45) is 0. The highest BCUT2D eigenvalue weighted by molar-refractivity contribution is 8.00. The van der Waals surface area contributed by atoms with Gasteiger partial charge in [-0.3, -0.25) is 0 Å². The number of halogens is 1. The predicted molar refractivity (Wildman–Crippen MR) is 65.0 cm³/mol. The van der Waals surface area contributed by atoms with E-state index in [1.165, 1.54) is 0 Å². The van der Waals surface area contributed by atoms with Gasteiger partial charge in [-0.25, -0.2) is 0 Å². The quantitative estimate of drug-likeness (QED) is 0.283. The van der Waals surface area contributed by atoms with Crippen molar-refractivity contribution in [1.82, 2.24) is 0 Å². The van der Waals surface area contributed by atoms with Crippen molar-refractivity contribution in [2.45, 2.75) is 24.0 Å². The van der Waals surface area contributed by atoms with E-state index in [0.29, 0.717) is 15.8 Å². The van der Waals surface area contributed by atoms with Gasteiger partial charge in [0.25, 0.3) is 0 Å². The zero-order valence-corrected chi connectivity index (χ0v) is 10.1. The van der Waals surface area contributed by atoms with Crippen LogP contribution in [0.25, 0.3) is 0 Å². The molecule has 0 bridgehead atoms. The van der Waals surface area contributed by atoms with Crippen LogP contribution < -0.4 is 5.73 Å². The Labute approximate surface area is 98.3 Å². The smallest absolute Gasteiger partial charge is 0.170 e. The van der Waals surface area contributed by atoms with E-state index in [1.807, 2.05) is 6.07 Å². The number of rotatable bonds is 3. The maximum Gasteiger partial charge on any atom is 0.170 e. The normalized spacial score (nSPS) is 12.1. The number of nitrogens with two attached hydrogens (primary N) is 1. The molecule has 0 aliphatic carbocycles. The average Bonchev–Trinajstić information content (AvgIpc) is 2.19. The van der Waals surface area contributed by atoms with Gasteiger partial charge in [0.2, 0.25) is 0 Å².